The quantitative estimate of drug-likeness (QED) is 0.928. The fourth-order valence-electron chi connectivity index (χ4n) is 3.61. The van der Waals surface area contributed by atoms with Crippen molar-refractivity contribution >= 4 is 17.4 Å². The van der Waals surface area contributed by atoms with Crippen LogP contribution in [-0.2, 0) is 11.3 Å². The largest absolute Gasteiger partial charge is 0.374 e. The van der Waals surface area contributed by atoms with Gasteiger partial charge in [0.25, 0.3) is 0 Å². The average molecular weight is 306 g/mol. The summed E-state index contributed by atoms with van der Waals surface area (Å²) >= 11 is 2.04. The monoisotopic (exact) mass is 306 g/mol. The van der Waals surface area contributed by atoms with Gasteiger partial charge in [0.15, 0.2) is 0 Å². The molecule has 2 aliphatic heterocycles. The molecule has 1 aromatic rings. The Kier molecular flexibility index (Phi) is 4.77. The Balaban J connectivity index is 1.75. The first-order valence-electron chi connectivity index (χ1n) is 8.04. The third-order valence-corrected chi connectivity index (χ3v) is 6.04. The number of hydrogen-bond donors (Lipinski definition) is 1. The lowest BCUT2D eigenvalue weighted by Crippen LogP contribution is -2.49. The summed E-state index contributed by atoms with van der Waals surface area (Å²) in [6, 6.07) is 9.34. The summed E-state index contributed by atoms with van der Waals surface area (Å²) in [5, 5.41) is 0. The highest BCUT2D eigenvalue weighted by molar-refractivity contribution is 7.99. The maximum absolute atomic E-state index is 6.16. The molecule has 0 bridgehead atoms. The zero-order valence-corrected chi connectivity index (χ0v) is 13.7. The second-order valence-corrected chi connectivity index (χ2v) is 7.24. The van der Waals surface area contributed by atoms with Gasteiger partial charge in [-0.2, -0.15) is 11.8 Å². The molecule has 1 aromatic carbocycles. The zero-order chi connectivity index (χ0) is 14.7. The third kappa shape index (κ3) is 3.22. The van der Waals surface area contributed by atoms with Crippen LogP contribution < -0.4 is 10.6 Å². The molecular weight excluding hydrogens is 280 g/mol. The van der Waals surface area contributed by atoms with Crippen LogP contribution in [0.3, 0.4) is 0 Å². The van der Waals surface area contributed by atoms with Crippen molar-refractivity contribution in [2.45, 2.75) is 44.4 Å². The van der Waals surface area contributed by atoms with Gasteiger partial charge in [-0.1, -0.05) is 12.1 Å². The molecule has 0 aromatic heterocycles. The van der Waals surface area contributed by atoms with Crippen LogP contribution in [0.1, 0.15) is 31.7 Å². The van der Waals surface area contributed by atoms with Crippen molar-refractivity contribution in [3.8, 4) is 0 Å². The topological polar surface area (TPSA) is 38.5 Å². The predicted octanol–water partition coefficient (Wildman–Crippen LogP) is 3.03. The maximum atomic E-state index is 6.16. The molecule has 3 nitrogen and oxygen atoms in total. The molecule has 2 unspecified atom stereocenters. The van der Waals surface area contributed by atoms with Crippen molar-refractivity contribution < 1.29 is 4.74 Å². The molecule has 0 radical (unpaired) electrons. The van der Waals surface area contributed by atoms with Crippen LogP contribution >= 0.6 is 11.8 Å². The minimum absolute atomic E-state index is 0.151. The third-order valence-electron chi connectivity index (χ3n) is 4.82. The number of thioether (sulfide) groups is 1. The lowest BCUT2D eigenvalue weighted by molar-refractivity contribution is -0.0662. The van der Waals surface area contributed by atoms with E-state index in [0.717, 1.165) is 19.6 Å². The summed E-state index contributed by atoms with van der Waals surface area (Å²) in [6.45, 7) is 4.82. The molecule has 2 atom stereocenters. The summed E-state index contributed by atoms with van der Waals surface area (Å²) in [7, 11) is 0. The summed E-state index contributed by atoms with van der Waals surface area (Å²) in [6.07, 6.45) is 3.53. The number of ether oxygens (including phenoxy) is 1. The predicted molar refractivity (Wildman–Crippen MR) is 91.0 cm³/mol. The number of nitrogens with two attached hydrogens (primary N) is 1. The van der Waals surface area contributed by atoms with E-state index in [1.54, 1.807) is 0 Å². The SMILES string of the molecule is CCN(c1ccc(CN)cc1)C1CCOC2(CCSC2)C1. The van der Waals surface area contributed by atoms with E-state index in [1.807, 2.05) is 11.8 Å². The first-order chi connectivity index (χ1) is 10.3. The number of benzene rings is 1. The van der Waals surface area contributed by atoms with Crippen molar-refractivity contribution in [1.29, 1.82) is 0 Å². The van der Waals surface area contributed by atoms with Crippen LogP contribution in [-0.4, -0.2) is 36.3 Å². The van der Waals surface area contributed by atoms with E-state index in [9.17, 15) is 0 Å². The van der Waals surface area contributed by atoms with Crippen molar-refractivity contribution in [1.82, 2.24) is 0 Å². The van der Waals surface area contributed by atoms with Gasteiger partial charge < -0.3 is 15.4 Å². The van der Waals surface area contributed by atoms with Crippen LogP contribution in [0.15, 0.2) is 24.3 Å². The van der Waals surface area contributed by atoms with E-state index in [-0.39, 0.29) is 5.60 Å². The van der Waals surface area contributed by atoms with Gasteiger partial charge in [0.1, 0.15) is 0 Å². The lowest BCUT2D eigenvalue weighted by atomic mass is 9.88. The molecule has 4 heteroatoms. The molecule has 3 rings (SSSR count). The van der Waals surface area contributed by atoms with E-state index in [2.05, 4.69) is 36.1 Å². The van der Waals surface area contributed by atoms with Crippen molar-refractivity contribution in [2.75, 3.05) is 29.6 Å². The fraction of sp³-hybridized carbons (Fsp3) is 0.647. The van der Waals surface area contributed by atoms with Gasteiger partial charge in [-0.05, 0) is 49.6 Å². The molecule has 21 heavy (non-hydrogen) atoms. The second-order valence-electron chi connectivity index (χ2n) is 6.14. The van der Waals surface area contributed by atoms with Gasteiger partial charge in [-0.3, -0.25) is 0 Å². The summed E-state index contributed by atoms with van der Waals surface area (Å²) in [5.74, 6) is 2.43. The van der Waals surface area contributed by atoms with Crippen molar-refractivity contribution in [3.63, 3.8) is 0 Å². The Morgan fingerprint density at radius 1 is 1.38 bits per heavy atom. The minimum atomic E-state index is 0.151. The highest BCUT2D eigenvalue weighted by Gasteiger charge is 2.41. The molecule has 0 aliphatic carbocycles. The zero-order valence-electron chi connectivity index (χ0n) is 12.9. The Labute approximate surface area is 132 Å². The van der Waals surface area contributed by atoms with Gasteiger partial charge in [0.05, 0.1) is 5.60 Å². The lowest BCUT2D eigenvalue weighted by Gasteiger charge is -2.43. The van der Waals surface area contributed by atoms with E-state index >= 15 is 0 Å². The standard InChI is InChI=1S/C17H26N2OS/c1-2-19(15-5-3-14(12-18)4-6-15)16-7-9-20-17(11-16)8-10-21-13-17/h3-6,16H,2,7-13,18H2,1H3. The molecular formula is C17H26N2OS. The van der Waals surface area contributed by atoms with Crippen LogP contribution in [0.5, 0.6) is 0 Å². The molecule has 116 valence electrons. The second kappa shape index (κ2) is 6.59. The maximum Gasteiger partial charge on any atom is 0.0799 e. The highest BCUT2D eigenvalue weighted by Crippen LogP contribution is 2.40. The Morgan fingerprint density at radius 2 is 2.19 bits per heavy atom. The van der Waals surface area contributed by atoms with Crippen molar-refractivity contribution in [2.24, 2.45) is 5.73 Å². The first-order valence-corrected chi connectivity index (χ1v) is 9.19. The van der Waals surface area contributed by atoms with Crippen LogP contribution in [0.2, 0.25) is 0 Å². The van der Waals surface area contributed by atoms with Gasteiger partial charge in [0.2, 0.25) is 0 Å². The van der Waals surface area contributed by atoms with Gasteiger partial charge >= 0.3 is 0 Å². The van der Waals surface area contributed by atoms with Gasteiger partial charge in [-0.25, -0.2) is 0 Å². The van der Waals surface area contributed by atoms with Crippen LogP contribution in [0.4, 0.5) is 5.69 Å². The van der Waals surface area contributed by atoms with Gasteiger partial charge in [0, 0.05) is 37.2 Å². The van der Waals surface area contributed by atoms with E-state index in [0.29, 0.717) is 12.6 Å². The summed E-state index contributed by atoms with van der Waals surface area (Å²) in [5.41, 5.74) is 8.37. The van der Waals surface area contributed by atoms with Crippen LogP contribution in [0.25, 0.3) is 0 Å². The molecule has 2 heterocycles. The Hall–Kier alpha value is -0.710. The minimum Gasteiger partial charge on any atom is -0.374 e. The first kappa shape index (κ1) is 15.2. The molecule has 0 saturated carbocycles. The Bertz CT molecular complexity index is 456. The molecule has 2 aliphatic rings. The average Bonchev–Trinajstić information content (AvgIpc) is 2.96. The number of rotatable bonds is 4. The molecule has 2 fully saturated rings. The van der Waals surface area contributed by atoms with Crippen LogP contribution in [0, 0.1) is 0 Å². The highest BCUT2D eigenvalue weighted by atomic mass is 32.2. The van der Waals surface area contributed by atoms with Gasteiger partial charge in [-0.15, -0.1) is 0 Å². The number of hydrogen-bond acceptors (Lipinski definition) is 4. The van der Waals surface area contributed by atoms with E-state index in [4.69, 9.17) is 10.5 Å². The number of anilines is 1. The smallest absolute Gasteiger partial charge is 0.0799 e. The van der Waals surface area contributed by atoms with E-state index in [1.165, 1.54) is 35.6 Å². The number of nitrogens with zero attached hydrogens (tertiary/aromatic N) is 1. The fourth-order valence-corrected chi connectivity index (χ4v) is 4.98. The summed E-state index contributed by atoms with van der Waals surface area (Å²) < 4.78 is 6.16. The Morgan fingerprint density at radius 3 is 2.81 bits per heavy atom. The molecule has 2 N–H and O–H groups in total. The van der Waals surface area contributed by atoms with Crippen molar-refractivity contribution in [3.05, 3.63) is 29.8 Å². The van der Waals surface area contributed by atoms with E-state index < -0.39 is 0 Å². The normalized spacial score (nSPS) is 29.0. The summed E-state index contributed by atoms with van der Waals surface area (Å²) in [4.78, 5) is 2.55. The molecule has 2 saturated heterocycles. The molecule has 0 amide bonds. The molecule has 1 spiro atoms.